The molecule has 0 aliphatic rings. The summed E-state index contributed by atoms with van der Waals surface area (Å²) in [6, 6.07) is 74.0. The smallest absolute Gasteiger partial charge is 0.138 e. The molecule has 0 fully saturated rings. The lowest BCUT2D eigenvalue weighted by atomic mass is 10.1. The normalized spacial score (nSPS) is 12.1. The maximum Gasteiger partial charge on any atom is 0.138 e. The molecule has 0 aliphatic carbocycles. The Kier molecular flexibility index (Phi) is 7.30. The molecule has 6 heteroatoms. The highest BCUT2D eigenvalue weighted by atomic mass is 15.1. The lowest BCUT2D eigenvalue weighted by Crippen LogP contribution is -1.99. The summed E-state index contributed by atoms with van der Waals surface area (Å²) in [6.45, 7) is 0. The van der Waals surface area contributed by atoms with Gasteiger partial charge in [0, 0.05) is 66.2 Å². The Bertz CT molecular complexity index is 4170. The fourth-order valence-electron chi connectivity index (χ4n) is 10.6. The zero-order valence-electron chi connectivity index (χ0n) is 34.5. The van der Waals surface area contributed by atoms with Gasteiger partial charge in [0.2, 0.25) is 0 Å². The topological polar surface area (TPSA) is 45.5 Å². The monoisotopic (exact) mass is 816 g/mol. The molecule has 6 aromatic heterocycles. The summed E-state index contributed by atoms with van der Waals surface area (Å²) in [6.07, 6.45) is 3.92. The SMILES string of the molecule is c1ccc(-n2c3ccccc3c3ccc4c(c5ccccc5n4-c4ccc(-c5ccnc(-n6c7ccccc7c7c6ccc6c8ccccc8n(-c8ccccc8)c67)c5)nc4)c32)cc1. The maximum atomic E-state index is 5.17. The maximum absolute atomic E-state index is 5.17. The Morgan fingerprint density at radius 3 is 1.30 bits per heavy atom. The van der Waals surface area contributed by atoms with E-state index < -0.39 is 0 Å². The second-order valence-electron chi connectivity index (χ2n) is 16.6. The number of hydrogen-bond acceptors (Lipinski definition) is 2. The van der Waals surface area contributed by atoms with E-state index in [1.807, 2.05) is 12.4 Å². The summed E-state index contributed by atoms with van der Waals surface area (Å²) >= 11 is 0. The summed E-state index contributed by atoms with van der Waals surface area (Å²) < 4.78 is 9.51. The van der Waals surface area contributed by atoms with Crippen LogP contribution >= 0.6 is 0 Å². The van der Waals surface area contributed by atoms with Gasteiger partial charge in [0.05, 0.1) is 61.7 Å². The molecule has 298 valence electrons. The van der Waals surface area contributed by atoms with Crippen LogP contribution < -0.4 is 0 Å². The fraction of sp³-hybridized carbons (Fsp3) is 0. The van der Waals surface area contributed by atoms with Gasteiger partial charge in [0.25, 0.3) is 0 Å². The van der Waals surface area contributed by atoms with Crippen molar-refractivity contribution in [1.82, 2.24) is 28.2 Å². The zero-order valence-corrected chi connectivity index (χ0v) is 34.5. The molecular formula is C58H36N6. The Balaban J connectivity index is 0.933. The van der Waals surface area contributed by atoms with Gasteiger partial charge in [-0.2, -0.15) is 0 Å². The van der Waals surface area contributed by atoms with Gasteiger partial charge in [-0.05, 0) is 84.9 Å². The second kappa shape index (κ2) is 13.4. The van der Waals surface area contributed by atoms with Gasteiger partial charge >= 0.3 is 0 Å². The van der Waals surface area contributed by atoms with Crippen LogP contribution in [0.1, 0.15) is 0 Å². The lowest BCUT2D eigenvalue weighted by Gasteiger charge is -2.11. The van der Waals surface area contributed by atoms with Gasteiger partial charge in [-0.3, -0.25) is 9.55 Å². The van der Waals surface area contributed by atoms with Gasteiger partial charge in [-0.25, -0.2) is 4.98 Å². The third-order valence-corrected chi connectivity index (χ3v) is 13.2. The predicted molar refractivity (Wildman–Crippen MR) is 265 cm³/mol. The van der Waals surface area contributed by atoms with E-state index >= 15 is 0 Å². The zero-order chi connectivity index (χ0) is 41.9. The quantitative estimate of drug-likeness (QED) is 0.174. The largest absolute Gasteiger partial charge is 0.309 e. The summed E-state index contributed by atoms with van der Waals surface area (Å²) in [5.74, 6) is 0.844. The molecule has 8 aromatic carbocycles. The number of pyridine rings is 2. The fourth-order valence-corrected chi connectivity index (χ4v) is 10.6. The number of para-hydroxylation sites is 6. The van der Waals surface area contributed by atoms with E-state index in [1.165, 1.54) is 65.2 Å². The van der Waals surface area contributed by atoms with Crippen LogP contribution in [-0.2, 0) is 0 Å². The van der Waals surface area contributed by atoms with Crippen LogP contribution in [0.3, 0.4) is 0 Å². The molecule has 0 radical (unpaired) electrons. The Labute approximate surface area is 366 Å². The molecule has 0 aliphatic heterocycles. The average molecular weight is 817 g/mol. The first kappa shape index (κ1) is 34.9. The van der Waals surface area contributed by atoms with Crippen LogP contribution in [0.2, 0.25) is 0 Å². The minimum absolute atomic E-state index is 0.844. The number of aromatic nitrogens is 6. The van der Waals surface area contributed by atoms with Crippen molar-refractivity contribution in [2.24, 2.45) is 0 Å². The van der Waals surface area contributed by atoms with Gasteiger partial charge in [0.15, 0.2) is 0 Å². The molecule has 14 aromatic rings. The molecule has 64 heavy (non-hydrogen) atoms. The molecule has 0 N–H and O–H groups in total. The van der Waals surface area contributed by atoms with Crippen molar-refractivity contribution in [3.8, 4) is 34.1 Å². The van der Waals surface area contributed by atoms with Crippen LogP contribution in [0, 0.1) is 0 Å². The molecule has 6 heterocycles. The Morgan fingerprint density at radius 1 is 0.297 bits per heavy atom. The molecule has 0 atom stereocenters. The van der Waals surface area contributed by atoms with E-state index in [0.29, 0.717) is 0 Å². The van der Waals surface area contributed by atoms with Gasteiger partial charge in [-0.1, -0.05) is 121 Å². The van der Waals surface area contributed by atoms with E-state index in [4.69, 9.17) is 9.97 Å². The standard InChI is InChI=1S/C58H36N6/c1-3-15-38(16-4-1)62-48-23-11-7-19-41(48)43-28-31-52-55(57(43)62)45-21-9-13-25-50(45)61(52)40-27-30-47(60-36-40)37-33-34-59-54(35-37)64-51-26-14-10-22-46(51)56-53(64)32-29-44-42-20-8-12-24-49(42)63(58(44)56)39-17-5-2-6-18-39/h1-36H. The summed E-state index contributed by atoms with van der Waals surface area (Å²) in [7, 11) is 0. The van der Waals surface area contributed by atoms with Crippen LogP contribution in [-0.4, -0.2) is 28.2 Å². The Hall–Kier alpha value is -8.74. The summed E-state index contributed by atoms with van der Waals surface area (Å²) in [5, 5.41) is 9.77. The second-order valence-corrected chi connectivity index (χ2v) is 16.6. The third-order valence-electron chi connectivity index (χ3n) is 13.2. The summed E-state index contributed by atoms with van der Waals surface area (Å²) in [4.78, 5) is 10.2. The van der Waals surface area contributed by atoms with Gasteiger partial charge in [0.1, 0.15) is 5.82 Å². The van der Waals surface area contributed by atoms with E-state index in [2.05, 4.69) is 225 Å². The van der Waals surface area contributed by atoms with Crippen molar-refractivity contribution in [2.75, 3.05) is 0 Å². The van der Waals surface area contributed by atoms with Crippen LogP contribution in [0.25, 0.3) is 121 Å². The van der Waals surface area contributed by atoms with Crippen molar-refractivity contribution in [3.05, 3.63) is 219 Å². The molecule has 0 bridgehead atoms. The average Bonchev–Trinajstić information content (AvgIpc) is 4.09. The predicted octanol–water partition coefficient (Wildman–Crippen LogP) is 14.5. The number of nitrogens with zero attached hydrogens (tertiary/aromatic N) is 6. The van der Waals surface area contributed by atoms with Gasteiger partial charge in [-0.15, -0.1) is 0 Å². The molecule has 0 spiro atoms. The van der Waals surface area contributed by atoms with Crippen LogP contribution in [0.5, 0.6) is 0 Å². The Morgan fingerprint density at radius 2 is 0.766 bits per heavy atom. The van der Waals surface area contributed by atoms with E-state index in [-0.39, 0.29) is 0 Å². The minimum atomic E-state index is 0.844. The first-order chi connectivity index (χ1) is 31.8. The van der Waals surface area contributed by atoms with Crippen molar-refractivity contribution >= 4 is 87.2 Å². The number of rotatable bonds is 5. The first-order valence-corrected chi connectivity index (χ1v) is 21.7. The van der Waals surface area contributed by atoms with Crippen LogP contribution in [0.4, 0.5) is 0 Å². The highest BCUT2D eigenvalue weighted by molar-refractivity contribution is 6.27. The van der Waals surface area contributed by atoms with Crippen molar-refractivity contribution in [2.45, 2.75) is 0 Å². The molecule has 0 saturated heterocycles. The highest BCUT2D eigenvalue weighted by Gasteiger charge is 2.23. The summed E-state index contributed by atoms with van der Waals surface area (Å²) in [5.41, 5.74) is 14.4. The van der Waals surface area contributed by atoms with Crippen LogP contribution in [0.15, 0.2) is 219 Å². The lowest BCUT2D eigenvalue weighted by molar-refractivity contribution is 1.08. The molecule has 0 unspecified atom stereocenters. The van der Waals surface area contributed by atoms with E-state index in [1.54, 1.807) is 0 Å². The minimum Gasteiger partial charge on any atom is -0.309 e. The highest BCUT2D eigenvalue weighted by Crippen LogP contribution is 2.44. The van der Waals surface area contributed by atoms with Gasteiger partial charge < -0.3 is 13.7 Å². The molecule has 6 nitrogen and oxygen atoms in total. The molecule has 0 saturated carbocycles. The molecule has 14 rings (SSSR count). The van der Waals surface area contributed by atoms with Crippen molar-refractivity contribution in [1.29, 1.82) is 0 Å². The molecular weight excluding hydrogens is 781 g/mol. The third kappa shape index (κ3) is 4.85. The van der Waals surface area contributed by atoms with Crippen molar-refractivity contribution in [3.63, 3.8) is 0 Å². The molecule has 0 amide bonds. The first-order valence-electron chi connectivity index (χ1n) is 21.7. The van der Waals surface area contributed by atoms with E-state index in [0.717, 1.165) is 56.2 Å². The van der Waals surface area contributed by atoms with E-state index in [9.17, 15) is 0 Å². The number of benzene rings is 8. The number of hydrogen-bond donors (Lipinski definition) is 0. The van der Waals surface area contributed by atoms with Crippen molar-refractivity contribution < 1.29 is 0 Å². The number of fused-ring (bicyclic) bond motifs is 14.